The molecule has 0 aliphatic heterocycles. The molecule has 7 heteroatoms. The number of benzene rings is 1. The van der Waals surface area contributed by atoms with E-state index in [0.717, 1.165) is 10.6 Å². The van der Waals surface area contributed by atoms with E-state index < -0.39 is 10.0 Å². The lowest BCUT2D eigenvalue weighted by molar-refractivity contribution is -0.120. The van der Waals surface area contributed by atoms with Crippen LogP contribution in [-0.2, 0) is 14.8 Å². The highest BCUT2D eigenvalue weighted by Crippen LogP contribution is 2.19. The van der Waals surface area contributed by atoms with E-state index in [1.54, 1.807) is 24.3 Å². The molecule has 6 nitrogen and oxygen atoms in total. The second-order valence-electron chi connectivity index (χ2n) is 4.34. The molecular formula is C14H17N3O3S. The van der Waals surface area contributed by atoms with E-state index in [9.17, 15) is 13.2 Å². The third-order valence-corrected chi connectivity index (χ3v) is 3.84. The second-order valence-corrected chi connectivity index (χ2v) is 6.25. The van der Waals surface area contributed by atoms with Gasteiger partial charge in [-0.25, -0.2) is 8.42 Å². The summed E-state index contributed by atoms with van der Waals surface area (Å²) in [5, 5.41) is 11.5. The predicted molar refractivity (Wildman–Crippen MR) is 81.2 cm³/mol. The van der Waals surface area contributed by atoms with Crippen molar-refractivity contribution in [1.82, 2.24) is 5.32 Å². The van der Waals surface area contributed by atoms with E-state index in [1.165, 1.54) is 6.07 Å². The number of anilines is 1. The first-order valence-corrected chi connectivity index (χ1v) is 8.09. The number of carbonyl (C=O) groups is 1. The van der Waals surface area contributed by atoms with Gasteiger partial charge in [-0.2, -0.15) is 5.26 Å². The summed E-state index contributed by atoms with van der Waals surface area (Å²) in [6, 6.07) is 8.20. The van der Waals surface area contributed by atoms with Crippen LogP contribution in [0.25, 0.3) is 0 Å². The molecule has 0 heterocycles. The molecule has 0 aliphatic carbocycles. The van der Waals surface area contributed by atoms with E-state index in [2.05, 4.69) is 11.9 Å². The van der Waals surface area contributed by atoms with Crippen LogP contribution in [0.3, 0.4) is 0 Å². The van der Waals surface area contributed by atoms with E-state index in [-0.39, 0.29) is 18.9 Å². The largest absolute Gasteiger partial charge is 0.353 e. The Bertz CT molecular complexity index is 662. The summed E-state index contributed by atoms with van der Waals surface area (Å²) < 4.78 is 24.8. The lowest BCUT2D eigenvalue weighted by atomic mass is 10.2. The number of carbonyl (C=O) groups excluding carboxylic acids is 1. The molecular weight excluding hydrogens is 290 g/mol. The van der Waals surface area contributed by atoms with Gasteiger partial charge < -0.3 is 5.32 Å². The Balaban J connectivity index is 2.90. The average molecular weight is 307 g/mol. The normalized spacial score (nSPS) is 10.5. The van der Waals surface area contributed by atoms with Crippen molar-refractivity contribution >= 4 is 21.6 Å². The highest BCUT2D eigenvalue weighted by Gasteiger charge is 2.18. The molecule has 1 N–H and O–H groups in total. The lowest BCUT2D eigenvalue weighted by Gasteiger charge is -2.22. The van der Waals surface area contributed by atoms with Crippen LogP contribution in [0.1, 0.15) is 12.0 Å². The number of nitrogens with zero attached hydrogens (tertiary/aromatic N) is 2. The van der Waals surface area contributed by atoms with Gasteiger partial charge in [0, 0.05) is 19.5 Å². The van der Waals surface area contributed by atoms with Gasteiger partial charge in [-0.05, 0) is 18.2 Å². The van der Waals surface area contributed by atoms with Crippen molar-refractivity contribution in [2.24, 2.45) is 0 Å². The molecule has 0 aromatic heterocycles. The van der Waals surface area contributed by atoms with Gasteiger partial charge >= 0.3 is 0 Å². The lowest BCUT2D eigenvalue weighted by Crippen LogP contribution is -2.34. The van der Waals surface area contributed by atoms with Gasteiger partial charge in [0.2, 0.25) is 15.9 Å². The third kappa shape index (κ3) is 5.28. The third-order valence-electron chi connectivity index (χ3n) is 2.65. The van der Waals surface area contributed by atoms with Crippen molar-refractivity contribution in [2.45, 2.75) is 6.42 Å². The van der Waals surface area contributed by atoms with Crippen LogP contribution >= 0.6 is 0 Å². The number of hydrogen-bond donors (Lipinski definition) is 1. The van der Waals surface area contributed by atoms with Gasteiger partial charge in [-0.3, -0.25) is 9.10 Å². The molecule has 0 aliphatic rings. The topological polar surface area (TPSA) is 90.3 Å². The summed E-state index contributed by atoms with van der Waals surface area (Å²) in [5.74, 6) is -0.264. The van der Waals surface area contributed by atoms with Crippen molar-refractivity contribution in [3.05, 3.63) is 42.5 Å². The van der Waals surface area contributed by atoms with Crippen LogP contribution in [0.5, 0.6) is 0 Å². The maximum Gasteiger partial charge on any atom is 0.232 e. The molecule has 0 saturated carbocycles. The van der Waals surface area contributed by atoms with Crippen LogP contribution in [0.4, 0.5) is 5.69 Å². The zero-order valence-corrected chi connectivity index (χ0v) is 12.6. The molecule has 1 rings (SSSR count). The molecule has 1 aromatic carbocycles. The summed E-state index contributed by atoms with van der Waals surface area (Å²) in [4.78, 5) is 11.6. The van der Waals surface area contributed by atoms with Crippen LogP contribution in [-0.4, -0.2) is 33.7 Å². The molecule has 0 atom stereocenters. The summed E-state index contributed by atoms with van der Waals surface area (Å²) in [7, 11) is -3.54. The Hall–Kier alpha value is -2.33. The molecule has 21 heavy (non-hydrogen) atoms. The Morgan fingerprint density at radius 1 is 1.52 bits per heavy atom. The number of hydrogen-bond acceptors (Lipinski definition) is 4. The predicted octanol–water partition coefficient (Wildman–Crippen LogP) is 1.02. The van der Waals surface area contributed by atoms with Gasteiger partial charge in [0.25, 0.3) is 0 Å². The summed E-state index contributed by atoms with van der Waals surface area (Å²) >= 11 is 0. The number of rotatable bonds is 7. The Labute approximate surface area is 124 Å². The van der Waals surface area contributed by atoms with Crippen LogP contribution in [0.15, 0.2) is 36.9 Å². The van der Waals surface area contributed by atoms with Crippen LogP contribution in [0.2, 0.25) is 0 Å². The minimum atomic E-state index is -3.54. The molecule has 1 amide bonds. The van der Waals surface area contributed by atoms with E-state index >= 15 is 0 Å². The monoisotopic (exact) mass is 307 g/mol. The van der Waals surface area contributed by atoms with Gasteiger partial charge in [-0.15, -0.1) is 6.58 Å². The van der Waals surface area contributed by atoms with Crippen molar-refractivity contribution in [1.29, 1.82) is 5.26 Å². The van der Waals surface area contributed by atoms with Gasteiger partial charge in [-0.1, -0.05) is 12.1 Å². The van der Waals surface area contributed by atoms with Crippen molar-refractivity contribution in [3.8, 4) is 6.07 Å². The standard InChI is InChI=1S/C14H17N3O3S/c1-3-8-16-14(18)7-9-17(21(2,19)20)13-6-4-5-12(10-13)11-15/h3-6,10H,1,7-9H2,2H3,(H,16,18). The fraction of sp³-hybridized carbons (Fsp3) is 0.286. The minimum Gasteiger partial charge on any atom is -0.353 e. The Morgan fingerprint density at radius 2 is 2.24 bits per heavy atom. The Kier molecular flexibility index (Phi) is 5.93. The second kappa shape index (κ2) is 7.45. The number of nitriles is 1. The summed E-state index contributed by atoms with van der Waals surface area (Å²) in [6.45, 7) is 3.83. The highest BCUT2D eigenvalue weighted by atomic mass is 32.2. The quantitative estimate of drug-likeness (QED) is 0.761. The van der Waals surface area contributed by atoms with E-state index in [4.69, 9.17) is 5.26 Å². The number of nitrogens with one attached hydrogen (secondary N) is 1. The molecule has 0 saturated heterocycles. The number of sulfonamides is 1. The van der Waals surface area contributed by atoms with E-state index in [0.29, 0.717) is 17.8 Å². The highest BCUT2D eigenvalue weighted by molar-refractivity contribution is 7.92. The maximum absolute atomic E-state index is 11.9. The van der Waals surface area contributed by atoms with Crippen LogP contribution < -0.4 is 9.62 Å². The van der Waals surface area contributed by atoms with Crippen molar-refractivity contribution in [2.75, 3.05) is 23.7 Å². The maximum atomic E-state index is 11.9. The first-order chi connectivity index (χ1) is 9.88. The fourth-order valence-electron chi connectivity index (χ4n) is 1.69. The zero-order valence-electron chi connectivity index (χ0n) is 11.7. The van der Waals surface area contributed by atoms with E-state index in [1.807, 2.05) is 6.07 Å². The van der Waals surface area contributed by atoms with Gasteiger partial charge in [0.15, 0.2) is 0 Å². The SMILES string of the molecule is C=CCNC(=O)CCN(c1cccc(C#N)c1)S(C)(=O)=O. The molecule has 0 fully saturated rings. The summed E-state index contributed by atoms with van der Waals surface area (Å²) in [5.41, 5.74) is 0.727. The first-order valence-electron chi connectivity index (χ1n) is 6.24. The molecule has 0 spiro atoms. The first kappa shape index (κ1) is 16.7. The minimum absolute atomic E-state index is 0.0106. The van der Waals surface area contributed by atoms with Crippen LogP contribution in [0, 0.1) is 11.3 Å². The molecule has 0 radical (unpaired) electrons. The smallest absolute Gasteiger partial charge is 0.232 e. The molecule has 112 valence electrons. The summed E-state index contributed by atoms with van der Waals surface area (Å²) in [6.07, 6.45) is 2.63. The number of amides is 1. The fourth-order valence-corrected chi connectivity index (χ4v) is 2.61. The molecule has 0 bridgehead atoms. The van der Waals surface area contributed by atoms with Crippen molar-refractivity contribution < 1.29 is 13.2 Å². The Morgan fingerprint density at radius 3 is 2.81 bits per heavy atom. The molecule has 0 unspecified atom stereocenters. The zero-order chi connectivity index (χ0) is 15.9. The van der Waals surface area contributed by atoms with Gasteiger partial charge in [0.05, 0.1) is 23.6 Å². The molecule has 1 aromatic rings. The average Bonchev–Trinajstić information content (AvgIpc) is 2.44. The van der Waals surface area contributed by atoms with Crippen molar-refractivity contribution in [3.63, 3.8) is 0 Å². The van der Waals surface area contributed by atoms with Gasteiger partial charge in [0.1, 0.15) is 0 Å².